The fourth-order valence-corrected chi connectivity index (χ4v) is 2.13. The van der Waals surface area contributed by atoms with Crippen LogP contribution in [0.1, 0.15) is 44.8 Å². The Morgan fingerprint density at radius 3 is 2.91 bits per heavy atom. The first-order valence-electron chi connectivity index (χ1n) is 7.53. The second-order valence-electron chi connectivity index (χ2n) is 5.47. The average molecular weight is 314 g/mol. The number of hydrogen-bond acceptors (Lipinski definition) is 6. The lowest BCUT2D eigenvalue weighted by atomic mass is 10.2. The highest BCUT2D eigenvalue weighted by Gasteiger charge is 2.17. The molecule has 3 aromatic heterocycles. The number of hydrogen-bond donors (Lipinski definition) is 1. The Bertz CT molecular complexity index is 835. The standard InChI is InChI=1S/C15H18N6O2/c1-4-12(22)16-8-11-18-19-14-10(6-5-7-21(11)14)15-17-13(9(2)3)20-23-15/h5-7,9H,4,8H2,1-3H3,(H,16,22). The number of nitrogens with zero attached hydrogens (tertiary/aromatic N) is 5. The largest absolute Gasteiger partial charge is 0.349 e. The van der Waals surface area contributed by atoms with Crippen molar-refractivity contribution in [3.05, 3.63) is 30.0 Å². The van der Waals surface area contributed by atoms with E-state index in [-0.39, 0.29) is 11.8 Å². The van der Waals surface area contributed by atoms with Gasteiger partial charge < -0.3 is 9.84 Å². The summed E-state index contributed by atoms with van der Waals surface area (Å²) in [6, 6.07) is 3.71. The van der Waals surface area contributed by atoms with Crippen molar-refractivity contribution < 1.29 is 9.32 Å². The third-order valence-corrected chi connectivity index (χ3v) is 3.46. The summed E-state index contributed by atoms with van der Waals surface area (Å²) in [5.74, 6) is 1.86. The summed E-state index contributed by atoms with van der Waals surface area (Å²) in [4.78, 5) is 15.8. The summed E-state index contributed by atoms with van der Waals surface area (Å²) >= 11 is 0. The molecule has 0 unspecified atom stereocenters. The van der Waals surface area contributed by atoms with Gasteiger partial charge in [0.1, 0.15) is 0 Å². The van der Waals surface area contributed by atoms with Crippen LogP contribution < -0.4 is 5.32 Å². The molecular weight excluding hydrogens is 296 g/mol. The summed E-state index contributed by atoms with van der Waals surface area (Å²) in [5, 5.41) is 15.1. The monoisotopic (exact) mass is 314 g/mol. The molecule has 0 radical (unpaired) electrons. The van der Waals surface area contributed by atoms with Crippen LogP contribution in [0.15, 0.2) is 22.9 Å². The van der Waals surface area contributed by atoms with Crippen LogP contribution in [0, 0.1) is 0 Å². The molecule has 0 aliphatic heterocycles. The van der Waals surface area contributed by atoms with Crippen molar-refractivity contribution in [3.8, 4) is 11.5 Å². The molecule has 0 aromatic carbocycles. The molecule has 8 heteroatoms. The molecule has 0 spiro atoms. The van der Waals surface area contributed by atoms with Crippen molar-refractivity contribution in [3.63, 3.8) is 0 Å². The van der Waals surface area contributed by atoms with Gasteiger partial charge in [-0.15, -0.1) is 10.2 Å². The molecule has 0 bridgehead atoms. The zero-order valence-corrected chi connectivity index (χ0v) is 13.3. The number of fused-ring (bicyclic) bond motifs is 1. The van der Waals surface area contributed by atoms with E-state index >= 15 is 0 Å². The minimum Gasteiger partial charge on any atom is -0.349 e. The first-order chi connectivity index (χ1) is 11.1. The highest BCUT2D eigenvalue weighted by molar-refractivity contribution is 5.75. The Morgan fingerprint density at radius 1 is 1.39 bits per heavy atom. The number of amides is 1. The molecule has 8 nitrogen and oxygen atoms in total. The zero-order valence-electron chi connectivity index (χ0n) is 13.3. The van der Waals surface area contributed by atoms with E-state index in [2.05, 4.69) is 25.7 Å². The summed E-state index contributed by atoms with van der Waals surface area (Å²) in [6.45, 7) is 6.12. The molecule has 3 rings (SSSR count). The van der Waals surface area contributed by atoms with Gasteiger partial charge >= 0.3 is 0 Å². The first kappa shape index (κ1) is 15.1. The minimum atomic E-state index is -0.0311. The van der Waals surface area contributed by atoms with Gasteiger partial charge in [-0.2, -0.15) is 4.98 Å². The molecular formula is C15H18N6O2. The van der Waals surface area contributed by atoms with Gasteiger partial charge in [0.25, 0.3) is 5.89 Å². The fraction of sp³-hybridized carbons (Fsp3) is 0.400. The summed E-state index contributed by atoms with van der Waals surface area (Å²) < 4.78 is 7.14. The zero-order chi connectivity index (χ0) is 16.4. The van der Waals surface area contributed by atoms with Crippen LogP contribution >= 0.6 is 0 Å². The van der Waals surface area contributed by atoms with Gasteiger partial charge in [-0.05, 0) is 12.1 Å². The van der Waals surface area contributed by atoms with Crippen LogP contribution in [0.25, 0.3) is 17.1 Å². The van der Waals surface area contributed by atoms with Crippen LogP contribution in [0.2, 0.25) is 0 Å². The number of aromatic nitrogens is 5. The van der Waals surface area contributed by atoms with Crippen molar-refractivity contribution in [1.82, 2.24) is 30.1 Å². The quantitative estimate of drug-likeness (QED) is 0.772. The second-order valence-corrected chi connectivity index (χ2v) is 5.47. The average Bonchev–Trinajstić information content (AvgIpc) is 3.19. The van der Waals surface area contributed by atoms with E-state index < -0.39 is 0 Å². The summed E-state index contributed by atoms with van der Waals surface area (Å²) in [5.41, 5.74) is 1.33. The molecule has 0 aliphatic carbocycles. The van der Waals surface area contributed by atoms with Gasteiger partial charge in [-0.3, -0.25) is 9.20 Å². The molecule has 1 N–H and O–H groups in total. The van der Waals surface area contributed by atoms with E-state index in [1.807, 2.05) is 36.6 Å². The van der Waals surface area contributed by atoms with Gasteiger partial charge in [0, 0.05) is 18.5 Å². The number of pyridine rings is 1. The Morgan fingerprint density at radius 2 is 2.22 bits per heavy atom. The van der Waals surface area contributed by atoms with Gasteiger partial charge in [0.05, 0.1) is 12.1 Å². The van der Waals surface area contributed by atoms with Crippen molar-refractivity contribution in [1.29, 1.82) is 0 Å². The molecule has 3 aromatic rings. The summed E-state index contributed by atoms with van der Waals surface area (Å²) in [6.07, 6.45) is 2.27. The molecule has 120 valence electrons. The normalized spacial score (nSPS) is 11.3. The van der Waals surface area contributed by atoms with E-state index in [0.717, 1.165) is 0 Å². The lowest BCUT2D eigenvalue weighted by Gasteiger charge is -2.03. The van der Waals surface area contributed by atoms with Crippen molar-refractivity contribution in [2.75, 3.05) is 0 Å². The van der Waals surface area contributed by atoms with Crippen LogP contribution in [-0.2, 0) is 11.3 Å². The molecule has 0 saturated heterocycles. The third kappa shape index (κ3) is 2.92. The van der Waals surface area contributed by atoms with Crippen LogP contribution in [0.4, 0.5) is 0 Å². The van der Waals surface area contributed by atoms with Gasteiger partial charge in [-0.25, -0.2) is 0 Å². The van der Waals surface area contributed by atoms with E-state index in [9.17, 15) is 4.79 Å². The Kier molecular flexibility index (Phi) is 4.05. The molecule has 0 aliphatic rings. The molecule has 23 heavy (non-hydrogen) atoms. The van der Waals surface area contributed by atoms with Crippen LogP contribution in [0.3, 0.4) is 0 Å². The predicted octanol–water partition coefficient (Wildman–Crippen LogP) is 1.93. The maximum atomic E-state index is 11.4. The van der Waals surface area contributed by atoms with E-state index in [4.69, 9.17) is 4.52 Å². The van der Waals surface area contributed by atoms with Crippen LogP contribution in [0.5, 0.6) is 0 Å². The minimum absolute atomic E-state index is 0.0311. The topological polar surface area (TPSA) is 98.2 Å². The maximum absolute atomic E-state index is 11.4. The Labute approximate surface area is 132 Å². The van der Waals surface area contributed by atoms with Crippen LogP contribution in [-0.4, -0.2) is 30.6 Å². The lowest BCUT2D eigenvalue weighted by Crippen LogP contribution is -2.22. The Balaban J connectivity index is 1.96. The fourth-order valence-electron chi connectivity index (χ4n) is 2.13. The van der Waals surface area contributed by atoms with Gasteiger partial charge in [0.2, 0.25) is 5.91 Å². The van der Waals surface area contributed by atoms with Crippen molar-refractivity contribution >= 4 is 11.6 Å². The number of rotatable bonds is 5. The molecule has 3 heterocycles. The second kappa shape index (κ2) is 6.15. The first-order valence-corrected chi connectivity index (χ1v) is 7.53. The van der Waals surface area contributed by atoms with E-state index in [1.54, 1.807) is 6.92 Å². The number of carbonyl (C=O) groups excluding carboxylic acids is 1. The predicted molar refractivity (Wildman–Crippen MR) is 82.5 cm³/mol. The smallest absolute Gasteiger partial charge is 0.261 e. The lowest BCUT2D eigenvalue weighted by molar-refractivity contribution is -0.120. The van der Waals surface area contributed by atoms with E-state index in [1.165, 1.54) is 0 Å². The molecule has 0 saturated carbocycles. The van der Waals surface area contributed by atoms with Gasteiger partial charge in [-0.1, -0.05) is 25.9 Å². The highest BCUT2D eigenvalue weighted by atomic mass is 16.5. The molecule has 1 amide bonds. The Hall–Kier alpha value is -2.77. The van der Waals surface area contributed by atoms with Crippen molar-refractivity contribution in [2.45, 2.75) is 39.7 Å². The number of carbonyl (C=O) groups is 1. The summed E-state index contributed by atoms with van der Waals surface area (Å²) in [7, 11) is 0. The maximum Gasteiger partial charge on any atom is 0.261 e. The number of nitrogens with one attached hydrogen (secondary N) is 1. The van der Waals surface area contributed by atoms with Crippen molar-refractivity contribution in [2.24, 2.45) is 0 Å². The SMILES string of the molecule is CCC(=O)NCc1nnc2c(-c3nc(C(C)C)no3)cccn12. The highest BCUT2D eigenvalue weighted by Crippen LogP contribution is 2.23. The molecule has 0 atom stereocenters. The third-order valence-electron chi connectivity index (χ3n) is 3.46. The van der Waals surface area contributed by atoms with E-state index in [0.29, 0.717) is 41.7 Å². The van der Waals surface area contributed by atoms with Gasteiger partial charge in [0.15, 0.2) is 17.3 Å². The molecule has 0 fully saturated rings.